The van der Waals surface area contributed by atoms with Gasteiger partial charge in [-0.1, -0.05) is 12.5 Å². The van der Waals surface area contributed by atoms with Crippen molar-refractivity contribution in [3.63, 3.8) is 0 Å². The minimum Gasteiger partial charge on any atom is -0.493 e. The average Bonchev–Trinajstić information content (AvgIpc) is 3.59. The molecule has 1 aromatic carbocycles. The zero-order chi connectivity index (χ0) is 28.2. The maximum Gasteiger partial charge on any atom is 0.270 e. The van der Waals surface area contributed by atoms with Gasteiger partial charge in [-0.2, -0.15) is 0 Å². The number of carbonyl (C=O) groups is 2. The molecule has 5 heterocycles. The number of carbonyl (C=O) groups excluding carboxylic acids is 2. The van der Waals surface area contributed by atoms with Gasteiger partial charge >= 0.3 is 0 Å². The Hall–Kier alpha value is -3.26. The number of hydrogen-bond acceptors (Lipinski definition) is 5. The Morgan fingerprint density at radius 1 is 0.976 bits per heavy atom. The normalized spacial score (nSPS) is 21.8. The lowest BCUT2D eigenvalue weighted by Gasteiger charge is -2.47. The first-order chi connectivity index (χ1) is 19.9. The Balaban J connectivity index is 1.22. The smallest absolute Gasteiger partial charge is 0.270 e. The molecule has 4 aliphatic rings. The SMILES string of the molecule is COc1cc2c(cc1OC(C)C)-c1c(-c3cccs3)cc(C(=O)N3CC4CC(C3)CN(C(=O)C3CCC3)C4)n1CC2. The number of nitrogens with zero attached hydrogens (tertiary/aromatic N) is 3. The Kier molecular flexibility index (Phi) is 6.84. The molecule has 3 aliphatic heterocycles. The monoisotopic (exact) mass is 573 g/mol. The van der Waals surface area contributed by atoms with Crippen LogP contribution in [0.15, 0.2) is 35.7 Å². The Labute approximate surface area is 246 Å². The van der Waals surface area contributed by atoms with Crippen LogP contribution in [0.3, 0.4) is 0 Å². The van der Waals surface area contributed by atoms with E-state index in [0.717, 1.165) is 97.3 Å². The fraction of sp³-hybridized carbons (Fsp3) is 0.515. The Bertz CT molecular complexity index is 1460. The van der Waals surface area contributed by atoms with Crippen LogP contribution < -0.4 is 9.47 Å². The number of likely N-dealkylation sites (tertiary alicyclic amines) is 2. The predicted molar refractivity (Wildman–Crippen MR) is 161 cm³/mol. The molecular weight excluding hydrogens is 534 g/mol. The number of hydrogen-bond donors (Lipinski definition) is 0. The van der Waals surface area contributed by atoms with Gasteiger partial charge in [-0.15, -0.1) is 11.3 Å². The molecule has 2 amide bonds. The number of piperidine rings is 2. The van der Waals surface area contributed by atoms with Crippen LogP contribution >= 0.6 is 11.3 Å². The van der Waals surface area contributed by atoms with E-state index in [1.54, 1.807) is 18.4 Å². The van der Waals surface area contributed by atoms with Gasteiger partial charge in [-0.05, 0) is 86.6 Å². The third kappa shape index (κ3) is 4.74. The van der Waals surface area contributed by atoms with Crippen molar-refractivity contribution in [2.75, 3.05) is 33.3 Å². The van der Waals surface area contributed by atoms with Crippen molar-refractivity contribution >= 4 is 23.2 Å². The van der Waals surface area contributed by atoms with E-state index < -0.39 is 0 Å². The molecular formula is C33H39N3O4S. The highest BCUT2D eigenvalue weighted by Gasteiger charge is 2.41. The van der Waals surface area contributed by atoms with Gasteiger partial charge in [0.1, 0.15) is 5.69 Å². The van der Waals surface area contributed by atoms with Crippen molar-refractivity contribution in [3.05, 3.63) is 47.0 Å². The second-order valence-electron chi connectivity index (χ2n) is 12.5. The van der Waals surface area contributed by atoms with Gasteiger partial charge < -0.3 is 23.8 Å². The quantitative estimate of drug-likeness (QED) is 0.365. The summed E-state index contributed by atoms with van der Waals surface area (Å²) < 4.78 is 14.1. The third-order valence-electron chi connectivity index (χ3n) is 9.35. The van der Waals surface area contributed by atoms with Gasteiger partial charge in [0.25, 0.3) is 5.91 Å². The summed E-state index contributed by atoms with van der Waals surface area (Å²) in [6, 6.07) is 10.5. The molecule has 0 radical (unpaired) electrons. The standard InChI is InChI=1S/C33H39N3O4S/c1-20(2)40-29-15-25-24(13-28(29)39-3)9-10-36-27(14-26(31(25)36)30-8-5-11-41-30)33(38)35-18-21-12-22(19-35)17-34(16-21)32(37)23-6-4-7-23/h5,8,11,13-15,20-23H,4,6-7,9-10,12,16-19H2,1-3H3. The zero-order valence-electron chi connectivity index (χ0n) is 24.2. The summed E-state index contributed by atoms with van der Waals surface area (Å²) in [6.07, 6.45) is 5.22. The molecule has 1 saturated carbocycles. The molecule has 0 N–H and O–H groups in total. The lowest BCUT2D eigenvalue weighted by Crippen LogP contribution is -2.56. The molecule has 41 heavy (non-hydrogen) atoms. The minimum absolute atomic E-state index is 0.0183. The van der Waals surface area contributed by atoms with Crippen LogP contribution in [-0.4, -0.2) is 65.6 Å². The van der Waals surface area contributed by atoms with Crippen LogP contribution in [0.2, 0.25) is 0 Å². The van der Waals surface area contributed by atoms with E-state index in [9.17, 15) is 9.59 Å². The predicted octanol–water partition coefficient (Wildman–Crippen LogP) is 5.96. The second-order valence-corrected chi connectivity index (χ2v) is 13.5. The van der Waals surface area contributed by atoms with E-state index in [-0.39, 0.29) is 17.9 Å². The van der Waals surface area contributed by atoms with Gasteiger partial charge in [-0.25, -0.2) is 0 Å². The molecule has 2 unspecified atom stereocenters. The molecule has 2 bridgehead atoms. The first kappa shape index (κ1) is 26.6. The highest BCUT2D eigenvalue weighted by Crippen LogP contribution is 2.46. The summed E-state index contributed by atoms with van der Waals surface area (Å²) in [6.45, 7) is 7.80. The van der Waals surface area contributed by atoms with Crippen molar-refractivity contribution in [2.45, 2.75) is 58.6 Å². The average molecular weight is 574 g/mol. The first-order valence-electron chi connectivity index (χ1n) is 15.1. The van der Waals surface area contributed by atoms with Gasteiger partial charge in [0.15, 0.2) is 11.5 Å². The van der Waals surface area contributed by atoms with Crippen LogP contribution in [0.4, 0.5) is 0 Å². The molecule has 2 aromatic heterocycles. The van der Waals surface area contributed by atoms with Gasteiger partial charge in [-0.3, -0.25) is 9.59 Å². The van der Waals surface area contributed by atoms with Gasteiger partial charge in [0.05, 0.1) is 18.9 Å². The number of aryl methyl sites for hydroxylation is 1. The molecule has 3 aromatic rings. The van der Waals surface area contributed by atoms with Gasteiger partial charge in [0, 0.05) is 54.6 Å². The van der Waals surface area contributed by atoms with Crippen LogP contribution in [-0.2, 0) is 17.8 Å². The minimum atomic E-state index is 0.0183. The molecule has 2 atom stereocenters. The summed E-state index contributed by atoms with van der Waals surface area (Å²) in [5, 5.41) is 2.09. The van der Waals surface area contributed by atoms with E-state index in [2.05, 4.69) is 50.1 Å². The second kappa shape index (κ2) is 10.5. The molecule has 2 saturated heterocycles. The van der Waals surface area contributed by atoms with Crippen molar-refractivity contribution in [1.82, 2.24) is 14.4 Å². The maximum atomic E-state index is 14.3. The van der Waals surface area contributed by atoms with Crippen LogP contribution in [0.1, 0.15) is 55.6 Å². The molecule has 3 fully saturated rings. The number of ether oxygens (including phenoxy) is 2. The number of benzene rings is 1. The molecule has 8 heteroatoms. The Morgan fingerprint density at radius 3 is 2.37 bits per heavy atom. The summed E-state index contributed by atoms with van der Waals surface area (Å²) in [5.41, 5.74) is 5.26. The van der Waals surface area contributed by atoms with E-state index >= 15 is 0 Å². The van der Waals surface area contributed by atoms with E-state index in [4.69, 9.17) is 9.47 Å². The number of fused-ring (bicyclic) bond motifs is 5. The number of amides is 2. The Morgan fingerprint density at radius 2 is 1.73 bits per heavy atom. The number of thiophene rings is 1. The zero-order valence-corrected chi connectivity index (χ0v) is 25.0. The van der Waals surface area contributed by atoms with Crippen LogP contribution in [0.25, 0.3) is 21.7 Å². The molecule has 216 valence electrons. The van der Waals surface area contributed by atoms with Crippen LogP contribution in [0.5, 0.6) is 11.5 Å². The molecule has 0 spiro atoms. The largest absolute Gasteiger partial charge is 0.493 e. The topological polar surface area (TPSA) is 64.0 Å². The maximum absolute atomic E-state index is 14.3. The first-order valence-corrected chi connectivity index (χ1v) is 16.0. The number of rotatable bonds is 6. The lowest BCUT2D eigenvalue weighted by molar-refractivity contribution is -0.142. The fourth-order valence-corrected chi connectivity index (χ4v) is 8.08. The van der Waals surface area contributed by atoms with Crippen molar-refractivity contribution in [3.8, 4) is 33.2 Å². The van der Waals surface area contributed by atoms with Crippen molar-refractivity contribution < 1.29 is 19.1 Å². The number of aromatic nitrogens is 1. The van der Waals surface area contributed by atoms with E-state index in [1.807, 2.05) is 13.8 Å². The van der Waals surface area contributed by atoms with Crippen LogP contribution in [0, 0.1) is 17.8 Å². The highest BCUT2D eigenvalue weighted by atomic mass is 32.1. The summed E-state index contributed by atoms with van der Waals surface area (Å²) in [5.74, 6) is 2.88. The molecule has 1 aliphatic carbocycles. The fourth-order valence-electron chi connectivity index (χ4n) is 7.34. The summed E-state index contributed by atoms with van der Waals surface area (Å²) >= 11 is 1.70. The third-order valence-corrected chi connectivity index (χ3v) is 10.3. The van der Waals surface area contributed by atoms with E-state index in [1.165, 1.54) is 12.0 Å². The number of methoxy groups -OCH3 is 1. The molecule has 7 nitrogen and oxygen atoms in total. The van der Waals surface area contributed by atoms with Crippen molar-refractivity contribution in [2.24, 2.45) is 17.8 Å². The molecule has 7 rings (SSSR count). The van der Waals surface area contributed by atoms with E-state index in [0.29, 0.717) is 17.7 Å². The van der Waals surface area contributed by atoms with Gasteiger partial charge in [0.2, 0.25) is 5.91 Å². The lowest BCUT2D eigenvalue weighted by atomic mass is 9.81. The summed E-state index contributed by atoms with van der Waals surface area (Å²) in [4.78, 5) is 32.6. The highest BCUT2D eigenvalue weighted by molar-refractivity contribution is 7.13. The summed E-state index contributed by atoms with van der Waals surface area (Å²) in [7, 11) is 1.69. The van der Waals surface area contributed by atoms with Crippen molar-refractivity contribution in [1.29, 1.82) is 0 Å².